The molecular formula is C29H34N2O4. The fourth-order valence-electron chi connectivity index (χ4n) is 5.07. The Morgan fingerprint density at radius 2 is 1.60 bits per heavy atom. The molecule has 35 heavy (non-hydrogen) atoms. The van der Waals surface area contributed by atoms with Crippen molar-refractivity contribution in [3.05, 3.63) is 94.9 Å². The smallest absolute Gasteiger partial charge is 0.375 e. The highest BCUT2D eigenvalue weighted by molar-refractivity contribution is 5.92. The van der Waals surface area contributed by atoms with Gasteiger partial charge in [-0.2, -0.15) is 0 Å². The van der Waals surface area contributed by atoms with Crippen LogP contribution in [0.2, 0.25) is 0 Å². The lowest BCUT2D eigenvalue weighted by molar-refractivity contribution is -0.144. The van der Waals surface area contributed by atoms with E-state index in [4.69, 9.17) is 14.9 Å². The van der Waals surface area contributed by atoms with Crippen LogP contribution in [0.4, 0.5) is 0 Å². The van der Waals surface area contributed by atoms with Crippen LogP contribution in [0.1, 0.15) is 58.7 Å². The number of benzene rings is 2. The molecule has 1 heterocycles. The van der Waals surface area contributed by atoms with Gasteiger partial charge < -0.3 is 19.8 Å². The first kappa shape index (κ1) is 24.7. The molecule has 2 N–H and O–H groups in total. The number of hydrogen-bond acceptors (Lipinski definition) is 5. The van der Waals surface area contributed by atoms with Crippen LogP contribution >= 0.6 is 0 Å². The lowest BCUT2D eigenvalue weighted by atomic mass is 9.70. The summed E-state index contributed by atoms with van der Waals surface area (Å²) in [5.74, 6) is -0.518. The molecule has 0 unspecified atom stereocenters. The first-order valence-corrected chi connectivity index (χ1v) is 12.1. The van der Waals surface area contributed by atoms with Crippen molar-refractivity contribution in [3.8, 4) is 0 Å². The number of ether oxygens (including phenoxy) is 1. The maximum Gasteiger partial charge on any atom is 0.375 e. The number of likely N-dealkylation sites (N-methyl/N-ethyl adjacent to an activating group) is 1. The third kappa shape index (κ3) is 5.33. The number of hydrogen-bond donors (Lipinski definition) is 1. The van der Waals surface area contributed by atoms with Gasteiger partial charge in [-0.3, -0.25) is 4.79 Å². The topological polar surface area (TPSA) is 85.8 Å². The Morgan fingerprint density at radius 3 is 2.23 bits per heavy atom. The summed E-state index contributed by atoms with van der Waals surface area (Å²) in [4.78, 5) is 27.8. The summed E-state index contributed by atoms with van der Waals surface area (Å²) in [5.41, 5.74) is 7.94. The van der Waals surface area contributed by atoms with Crippen molar-refractivity contribution < 1.29 is 18.7 Å². The first-order chi connectivity index (χ1) is 16.7. The van der Waals surface area contributed by atoms with Gasteiger partial charge in [0.05, 0.1) is 0 Å². The molecule has 3 aromatic rings. The minimum atomic E-state index is -1.34. The molecule has 0 atom stereocenters. The fourth-order valence-corrected chi connectivity index (χ4v) is 5.07. The number of nitrogens with zero attached hydrogens (tertiary/aromatic N) is 1. The summed E-state index contributed by atoms with van der Waals surface area (Å²) in [5, 5.41) is 0. The summed E-state index contributed by atoms with van der Waals surface area (Å²) in [6.07, 6.45) is 3.53. The molecule has 1 fully saturated rings. The third-order valence-corrected chi connectivity index (χ3v) is 7.54. The second-order valence-corrected chi connectivity index (χ2v) is 9.90. The van der Waals surface area contributed by atoms with E-state index in [2.05, 4.69) is 44.1 Å². The van der Waals surface area contributed by atoms with Crippen molar-refractivity contribution in [2.24, 2.45) is 5.73 Å². The highest BCUT2D eigenvalue weighted by atomic mass is 16.6. The highest BCUT2D eigenvalue weighted by Crippen LogP contribution is 2.42. The Hall–Kier alpha value is -3.38. The Labute approximate surface area is 207 Å². The zero-order valence-electron chi connectivity index (χ0n) is 20.8. The van der Waals surface area contributed by atoms with E-state index in [-0.39, 0.29) is 11.3 Å². The van der Waals surface area contributed by atoms with E-state index in [1.54, 1.807) is 12.1 Å². The number of nitrogens with two attached hydrogens (primary N) is 1. The molecule has 1 aromatic heterocycles. The number of carbonyl (C=O) groups excluding carboxylic acids is 2. The fraction of sp³-hybridized carbons (Fsp3) is 0.379. The number of rotatable bonds is 8. The highest BCUT2D eigenvalue weighted by Gasteiger charge is 2.50. The molecule has 6 nitrogen and oxygen atoms in total. The van der Waals surface area contributed by atoms with Crippen molar-refractivity contribution >= 4 is 11.9 Å². The van der Waals surface area contributed by atoms with Crippen molar-refractivity contribution in [3.63, 3.8) is 0 Å². The third-order valence-electron chi connectivity index (χ3n) is 7.54. The molecule has 0 radical (unpaired) electrons. The van der Waals surface area contributed by atoms with Crippen molar-refractivity contribution in [1.82, 2.24) is 4.90 Å². The van der Waals surface area contributed by atoms with Crippen LogP contribution in [0.25, 0.3) is 0 Å². The molecule has 0 spiro atoms. The van der Waals surface area contributed by atoms with E-state index in [0.717, 1.165) is 12.0 Å². The van der Waals surface area contributed by atoms with Crippen molar-refractivity contribution in [1.29, 1.82) is 0 Å². The largest absolute Gasteiger partial charge is 0.454 e. The van der Waals surface area contributed by atoms with Crippen LogP contribution < -0.4 is 5.73 Å². The van der Waals surface area contributed by atoms with Crippen molar-refractivity contribution in [2.75, 3.05) is 14.1 Å². The van der Waals surface area contributed by atoms with Crippen LogP contribution in [-0.2, 0) is 22.4 Å². The van der Waals surface area contributed by atoms with Gasteiger partial charge in [0.2, 0.25) is 5.76 Å². The second kappa shape index (κ2) is 10.1. The zero-order valence-corrected chi connectivity index (χ0v) is 20.8. The molecular weight excluding hydrogens is 440 g/mol. The number of esters is 1. The number of primary amides is 1. The molecule has 0 bridgehead atoms. The Bertz CT molecular complexity index is 1170. The molecule has 1 amide bonds. The summed E-state index contributed by atoms with van der Waals surface area (Å²) in [6.45, 7) is 2.12. The molecule has 2 aromatic carbocycles. The molecule has 184 valence electrons. The van der Waals surface area contributed by atoms with Gasteiger partial charge in [-0.25, -0.2) is 4.79 Å². The number of amides is 1. The maximum absolute atomic E-state index is 13.0. The predicted octanol–water partition coefficient (Wildman–Crippen LogP) is 4.68. The number of furan rings is 1. The molecule has 1 saturated carbocycles. The number of aryl methyl sites for hydroxylation is 1. The van der Waals surface area contributed by atoms with Gasteiger partial charge in [0.15, 0.2) is 5.60 Å². The summed E-state index contributed by atoms with van der Waals surface area (Å²) in [7, 11) is 4.14. The Kier molecular flexibility index (Phi) is 7.13. The molecule has 6 heteroatoms. The van der Waals surface area contributed by atoms with Gasteiger partial charge in [0.1, 0.15) is 5.76 Å². The van der Waals surface area contributed by atoms with E-state index < -0.39 is 17.5 Å². The average Bonchev–Trinajstić information content (AvgIpc) is 3.31. The zero-order chi connectivity index (χ0) is 25.1. The van der Waals surface area contributed by atoms with E-state index in [0.29, 0.717) is 37.9 Å². The normalized spacial score (nSPS) is 22.2. The summed E-state index contributed by atoms with van der Waals surface area (Å²) >= 11 is 0. The Balaban J connectivity index is 1.47. The minimum Gasteiger partial charge on any atom is -0.454 e. The lowest BCUT2D eigenvalue weighted by Gasteiger charge is -2.48. The SMILES string of the molecule is Cc1ccccc1CC1(N(C)C)CCC(OC(=O)c2ccc(Cc3ccccc3)o2)(C(N)=O)CC1. The van der Waals surface area contributed by atoms with Gasteiger partial charge in [-0.15, -0.1) is 0 Å². The monoisotopic (exact) mass is 474 g/mol. The lowest BCUT2D eigenvalue weighted by Crippen LogP contribution is -2.57. The average molecular weight is 475 g/mol. The van der Waals surface area contributed by atoms with E-state index >= 15 is 0 Å². The van der Waals surface area contributed by atoms with Gasteiger partial charge >= 0.3 is 5.97 Å². The first-order valence-electron chi connectivity index (χ1n) is 12.1. The van der Waals surface area contributed by atoms with Gasteiger partial charge in [-0.05, 0) is 81.9 Å². The van der Waals surface area contributed by atoms with Crippen LogP contribution in [-0.4, -0.2) is 42.0 Å². The molecule has 0 aliphatic heterocycles. The van der Waals surface area contributed by atoms with Gasteiger partial charge in [-0.1, -0.05) is 54.6 Å². The second-order valence-electron chi connectivity index (χ2n) is 9.90. The van der Waals surface area contributed by atoms with Crippen LogP contribution in [0.5, 0.6) is 0 Å². The minimum absolute atomic E-state index is 0.0842. The van der Waals surface area contributed by atoms with Crippen LogP contribution in [0.15, 0.2) is 71.1 Å². The molecule has 4 rings (SSSR count). The van der Waals surface area contributed by atoms with E-state index in [9.17, 15) is 9.59 Å². The quantitative estimate of drug-likeness (QED) is 0.479. The predicted molar refractivity (Wildman–Crippen MR) is 135 cm³/mol. The molecule has 0 saturated heterocycles. The summed E-state index contributed by atoms with van der Waals surface area (Å²) < 4.78 is 11.6. The van der Waals surface area contributed by atoms with Crippen LogP contribution in [0, 0.1) is 6.92 Å². The Morgan fingerprint density at radius 1 is 0.943 bits per heavy atom. The van der Waals surface area contributed by atoms with Crippen LogP contribution in [0.3, 0.4) is 0 Å². The molecule has 1 aliphatic rings. The summed E-state index contributed by atoms with van der Waals surface area (Å²) in [6, 6.07) is 21.6. The van der Waals surface area contributed by atoms with E-state index in [1.165, 1.54) is 11.1 Å². The van der Waals surface area contributed by atoms with Gasteiger partial charge in [0, 0.05) is 12.0 Å². The molecule has 1 aliphatic carbocycles. The van der Waals surface area contributed by atoms with E-state index in [1.807, 2.05) is 36.4 Å². The number of carbonyl (C=O) groups is 2. The standard InChI is InChI=1S/C29H34N2O4/c1-21-9-7-8-12-23(21)20-28(31(2)3)15-17-29(18-16-28,27(30)33)35-26(32)25-14-13-24(34-25)19-22-10-5-4-6-11-22/h4-14H,15-20H2,1-3H3,(H2,30,33). The maximum atomic E-state index is 13.0. The van der Waals surface area contributed by atoms with Crippen molar-refractivity contribution in [2.45, 2.75) is 56.6 Å². The van der Waals surface area contributed by atoms with Gasteiger partial charge in [0.25, 0.3) is 5.91 Å².